The Morgan fingerprint density at radius 2 is 1.82 bits per heavy atom. The fraction of sp³-hybridized carbons (Fsp3) is 0.647. The van der Waals surface area contributed by atoms with Gasteiger partial charge < -0.3 is 9.64 Å². The van der Waals surface area contributed by atoms with Crippen molar-refractivity contribution < 1.29 is 14.3 Å². The number of amides is 1. The summed E-state index contributed by atoms with van der Waals surface area (Å²) in [4.78, 5) is 25.7. The smallest absolute Gasteiger partial charge is 0.325 e. The summed E-state index contributed by atoms with van der Waals surface area (Å²) >= 11 is 1.38. The largest absolute Gasteiger partial charge is 0.464 e. The number of rotatable bonds is 11. The molecular formula is C17H27NO3S. The molecule has 1 heterocycles. The van der Waals surface area contributed by atoms with Crippen LogP contribution in [-0.2, 0) is 9.53 Å². The van der Waals surface area contributed by atoms with E-state index in [0.29, 0.717) is 11.5 Å². The summed E-state index contributed by atoms with van der Waals surface area (Å²) in [7, 11) is 1.62. The molecule has 22 heavy (non-hydrogen) atoms. The van der Waals surface area contributed by atoms with Crippen molar-refractivity contribution in [2.75, 3.05) is 20.2 Å². The monoisotopic (exact) mass is 325 g/mol. The summed E-state index contributed by atoms with van der Waals surface area (Å²) in [6.45, 7) is 2.67. The van der Waals surface area contributed by atoms with Crippen molar-refractivity contribution in [3.63, 3.8) is 0 Å². The number of unbranched alkanes of at least 4 members (excludes halogenated alkanes) is 6. The number of esters is 1. The third kappa shape index (κ3) is 7.59. The minimum Gasteiger partial charge on any atom is -0.464 e. The Hall–Kier alpha value is -1.36. The number of likely N-dealkylation sites (N-methyl/N-ethyl adjacent to an activating group) is 1. The van der Waals surface area contributed by atoms with Gasteiger partial charge in [0.25, 0.3) is 5.91 Å². The SMILES string of the molecule is CCCCCCCCCOC(=O)CN(C)C(=O)c1cccs1. The Kier molecular flexibility index (Phi) is 9.55. The lowest BCUT2D eigenvalue weighted by molar-refractivity contribution is -0.144. The first-order valence-corrected chi connectivity index (χ1v) is 8.97. The molecule has 0 saturated carbocycles. The highest BCUT2D eigenvalue weighted by Crippen LogP contribution is 2.11. The lowest BCUT2D eigenvalue weighted by Gasteiger charge is -2.15. The highest BCUT2D eigenvalue weighted by Gasteiger charge is 2.16. The molecule has 0 saturated heterocycles. The van der Waals surface area contributed by atoms with Gasteiger partial charge in [-0.05, 0) is 17.9 Å². The van der Waals surface area contributed by atoms with Gasteiger partial charge in [-0.15, -0.1) is 11.3 Å². The summed E-state index contributed by atoms with van der Waals surface area (Å²) in [6.07, 6.45) is 8.33. The molecule has 124 valence electrons. The van der Waals surface area contributed by atoms with Crippen LogP contribution in [0.4, 0.5) is 0 Å². The van der Waals surface area contributed by atoms with Crippen molar-refractivity contribution in [3.05, 3.63) is 22.4 Å². The summed E-state index contributed by atoms with van der Waals surface area (Å²) in [5.74, 6) is -0.471. The van der Waals surface area contributed by atoms with Crippen molar-refractivity contribution in [2.24, 2.45) is 0 Å². The molecule has 0 atom stereocenters. The van der Waals surface area contributed by atoms with Crippen LogP contribution in [0.3, 0.4) is 0 Å². The Balaban J connectivity index is 2.07. The van der Waals surface area contributed by atoms with Gasteiger partial charge in [0.2, 0.25) is 0 Å². The van der Waals surface area contributed by atoms with Crippen molar-refractivity contribution in [2.45, 2.75) is 51.9 Å². The standard InChI is InChI=1S/C17H27NO3S/c1-3-4-5-6-7-8-9-12-21-16(19)14-18(2)17(20)15-11-10-13-22-15/h10-11,13H,3-9,12,14H2,1-2H3. The molecule has 0 aliphatic carbocycles. The van der Waals surface area contributed by atoms with Crippen LogP contribution in [0.1, 0.15) is 61.5 Å². The van der Waals surface area contributed by atoms with E-state index in [1.165, 1.54) is 48.3 Å². The van der Waals surface area contributed by atoms with Crippen LogP contribution in [0, 0.1) is 0 Å². The molecule has 0 spiro atoms. The maximum atomic E-state index is 12.0. The molecule has 0 aromatic carbocycles. The molecule has 1 aromatic rings. The van der Waals surface area contributed by atoms with Crippen LogP contribution in [0.25, 0.3) is 0 Å². The third-order valence-corrected chi connectivity index (χ3v) is 4.31. The molecule has 1 rings (SSSR count). The van der Waals surface area contributed by atoms with Gasteiger partial charge in [0, 0.05) is 7.05 Å². The maximum Gasteiger partial charge on any atom is 0.325 e. The van der Waals surface area contributed by atoms with Gasteiger partial charge in [-0.1, -0.05) is 51.5 Å². The molecule has 0 aliphatic rings. The molecule has 0 fully saturated rings. The molecule has 0 aliphatic heterocycles. The minimum atomic E-state index is -0.335. The van der Waals surface area contributed by atoms with E-state index >= 15 is 0 Å². The van der Waals surface area contributed by atoms with E-state index < -0.39 is 0 Å². The van der Waals surface area contributed by atoms with E-state index in [1.807, 2.05) is 11.4 Å². The molecule has 0 unspecified atom stereocenters. The Bertz CT molecular complexity index is 431. The van der Waals surface area contributed by atoms with Crippen LogP contribution in [0.15, 0.2) is 17.5 Å². The van der Waals surface area contributed by atoms with Crippen LogP contribution in [0.2, 0.25) is 0 Å². The second-order valence-electron chi connectivity index (χ2n) is 5.48. The number of carbonyl (C=O) groups excluding carboxylic acids is 2. The predicted octanol–water partition coefficient (Wildman–Crippen LogP) is 4.11. The van der Waals surface area contributed by atoms with Gasteiger partial charge in [0.15, 0.2) is 0 Å². The quantitative estimate of drug-likeness (QED) is 0.454. The average Bonchev–Trinajstić information content (AvgIpc) is 3.03. The van der Waals surface area contributed by atoms with Gasteiger partial charge in [-0.2, -0.15) is 0 Å². The normalized spacial score (nSPS) is 10.5. The maximum absolute atomic E-state index is 12.0. The number of ether oxygens (including phenoxy) is 1. The van der Waals surface area contributed by atoms with Crippen molar-refractivity contribution in [1.29, 1.82) is 0 Å². The van der Waals surface area contributed by atoms with Crippen molar-refractivity contribution >= 4 is 23.2 Å². The zero-order valence-corrected chi connectivity index (χ0v) is 14.5. The summed E-state index contributed by atoms with van der Waals surface area (Å²) < 4.78 is 5.18. The van der Waals surface area contributed by atoms with E-state index in [9.17, 15) is 9.59 Å². The number of thiophene rings is 1. The average molecular weight is 325 g/mol. The fourth-order valence-electron chi connectivity index (χ4n) is 2.14. The Labute approximate surface area is 137 Å². The molecule has 0 bridgehead atoms. The number of carbonyl (C=O) groups is 2. The summed E-state index contributed by atoms with van der Waals surface area (Å²) in [5.41, 5.74) is 0. The molecule has 5 heteroatoms. The number of nitrogens with zero attached hydrogens (tertiary/aromatic N) is 1. The first-order chi connectivity index (χ1) is 10.6. The van der Waals surface area contributed by atoms with E-state index in [0.717, 1.165) is 12.8 Å². The predicted molar refractivity (Wildman–Crippen MR) is 90.2 cm³/mol. The first-order valence-electron chi connectivity index (χ1n) is 8.09. The lowest BCUT2D eigenvalue weighted by atomic mass is 10.1. The van der Waals surface area contributed by atoms with Gasteiger partial charge in [0.05, 0.1) is 11.5 Å². The molecule has 1 amide bonds. The Morgan fingerprint density at radius 3 is 2.45 bits per heavy atom. The zero-order chi connectivity index (χ0) is 16.2. The first kappa shape index (κ1) is 18.7. The number of hydrogen-bond donors (Lipinski definition) is 0. The highest BCUT2D eigenvalue weighted by atomic mass is 32.1. The van der Waals surface area contributed by atoms with Gasteiger partial charge in [-0.3, -0.25) is 9.59 Å². The summed E-state index contributed by atoms with van der Waals surface area (Å²) in [5, 5.41) is 1.85. The molecule has 1 aromatic heterocycles. The number of hydrogen-bond acceptors (Lipinski definition) is 4. The molecule has 0 N–H and O–H groups in total. The van der Waals surface area contributed by atoms with Crippen molar-refractivity contribution in [3.8, 4) is 0 Å². The van der Waals surface area contributed by atoms with E-state index in [-0.39, 0.29) is 18.4 Å². The third-order valence-electron chi connectivity index (χ3n) is 3.46. The van der Waals surface area contributed by atoms with Crippen LogP contribution < -0.4 is 0 Å². The highest BCUT2D eigenvalue weighted by molar-refractivity contribution is 7.12. The molecular weight excluding hydrogens is 298 g/mol. The second-order valence-corrected chi connectivity index (χ2v) is 6.43. The van der Waals surface area contributed by atoms with Gasteiger partial charge in [-0.25, -0.2) is 0 Å². The van der Waals surface area contributed by atoms with E-state index in [1.54, 1.807) is 13.1 Å². The molecule has 4 nitrogen and oxygen atoms in total. The lowest BCUT2D eigenvalue weighted by Crippen LogP contribution is -2.32. The van der Waals surface area contributed by atoms with Gasteiger partial charge >= 0.3 is 5.97 Å². The topological polar surface area (TPSA) is 46.6 Å². The fourth-order valence-corrected chi connectivity index (χ4v) is 2.86. The molecule has 0 radical (unpaired) electrons. The van der Waals surface area contributed by atoms with Crippen LogP contribution in [0.5, 0.6) is 0 Å². The van der Waals surface area contributed by atoms with Gasteiger partial charge in [0.1, 0.15) is 6.54 Å². The minimum absolute atomic E-state index is 0.00718. The van der Waals surface area contributed by atoms with Crippen LogP contribution in [-0.4, -0.2) is 37.0 Å². The second kappa shape index (κ2) is 11.2. The van der Waals surface area contributed by atoms with Crippen molar-refractivity contribution in [1.82, 2.24) is 4.90 Å². The zero-order valence-electron chi connectivity index (χ0n) is 13.7. The van der Waals surface area contributed by atoms with Crippen LogP contribution >= 0.6 is 11.3 Å². The van der Waals surface area contributed by atoms with E-state index in [2.05, 4.69) is 6.92 Å². The summed E-state index contributed by atoms with van der Waals surface area (Å²) in [6, 6.07) is 3.58. The van der Waals surface area contributed by atoms with E-state index in [4.69, 9.17) is 4.74 Å². The Morgan fingerprint density at radius 1 is 1.14 bits per heavy atom.